The molecule has 2 aromatic rings. The Morgan fingerprint density at radius 3 is 1.90 bits per heavy atom. The zero-order chi connectivity index (χ0) is 14.9. The van der Waals surface area contributed by atoms with Crippen molar-refractivity contribution in [3.05, 3.63) is 69.2 Å². The molecule has 2 N–H and O–H groups in total. The fourth-order valence-corrected chi connectivity index (χ4v) is 2.24. The smallest absolute Gasteiger partial charge is 0.320 e. The average molecular weight is 357 g/mol. The minimum Gasteiger partial charge on any atom is -0.320 e. The summed E-state index contributed by atoms with van der Waals surface area (Å²) >= 11 is 11.4. The van der Waals surface area contributed by atoms with Crippen LogP contribution in [0.3, 0.4) is 0 Å². The molecule has 0 saturated carbocycles. The van der Waals surface area contributed by atoms with Crippen LogP contribution < -0.4 is 5.73 Å². The van der Waals surface area contributed by atoms with Crippen LogP contribution in [0.1, 0.15) is 22.7 Å². The SMILES string of the molecule is Cl.N[C@@H](c1ccc(Cl)cc1)c1ccc(C(F)(F)F)c(Cl)c1. The number of nitrogens with two attached hydrogens (primary N) is 1. The number of rotatable bonds is 2. The second-order valence-corrected chi connectivity index (χ2v) is 5.11. The van der Waals surface area contributed by atoms with Crippen LogP contribution in [-0.2, 0) is 6.18 Å². The summed E-state index contributed by atoms with van der Waals surface area (Å²) in [7, 11) is 0. The molecule has 7 heteroatoms. The number of halogens is 6. The highest BCUT2D eigenvalue weighted by molar-refractivity contribution is 6.31. The van der Waals surface area contributed by atoms with Crippen LogP contribution in [0.5, 0.6) is 0 Å². The van der Waals surface area contributed by atoms with Crippen molar-refractivity contribution in [3.8, 4) is 0 Å². The van der Waals surface area contributed by atoms with Gasteiger partial charge in [0, 0.05) is 5.02 Å². The van der Waals surface area contributed by atoms with E-state index < -0.39 is 17.8 Å². The predicted molar refractivity (Wildman–Crippen MR) is 81.2 cm³/mol. The second-order valence-electron chi connectivity index (χ2n) is 4.27. The molecule has 0 spiro atoms. The van der Waals surface area contributed by atoms with Crippen LogP contribution in [-0.4, -0.2) is 0 Å². The minimum absolute atomic E-state index is 0. The molecule has 2 aromatic carbocycles. The first-order valence-corrected chi connectivity index (χ1v) is 6.42. The van der Waals surface area contributed by atoms with E-state index in [2.05, 4.69) is 0 Å². The van der Waals surface area contributed by atoms with Gasteiger partial charge in [0.2, 0.25) is 0 Å². The summed E-state index contributed by atoms with van der Waals surface area (Å²) in [6.45, 7) is 0. The van der Waals surface area contributed by atoms with Crippen molar-refractivity contribution in [2.24, 2.45) is 5.73 Å². The third-order valence-corrected chi connectivity index (χ3v) is 3.45. The Morgan fingerprint density at radius 2 is 1.43 bits per heavy atom. The maximum absolute atomic E-state index is 12.6. The first kappa shape index (κ1) is 18.1. The molecule has 1 nitrogen and oxygen atoms in total. The average Bonchev–Trinajstić information content (AvgIpc) is 2.37. The highest BCUT2D eigenvalue weighted by Crippen LogP contribution is 2.36. The van der Waals surface area contributed by atoms with Crippen LogP contribution in [0, 0.1) is 0 Å². The molecule has 0 bridgehead atoms. The topological polar surface area (TPSA) is 26.0 Å². The monoisotopic (exact) mass is 355 g/mol. The minimum atomic E-state index is -4.47. The molecule has 21 heavy (non-hydrogen) atoms. The summed E-state index contributed by atoms with van der Waals surface area (Å²) in [5.41, 5.74) is 6.39. The number of hydrogen-bond donors (Lipinski definition) is 1. The van der Waals surface area contributed by atoms with E-state index in [0.717, 1.165) is 11.6 Å². The van der Waals surface area contributed by atoms with E-state index in [0.29, 0.717) is 10.6 Å². The lowest BCUT2D eigenvalue weighted by atomic mass is 9.98. The molecule has 0 saturated heterocycles. The summed E-state index contributed by atoms with van der Waals surface area (Å²) in [5.74, 6) is 0. The van der Waals surface area contributed by atoms with E-state index in [1.165, 1.54) is 12.1 Å². The van der Waals surface area contributed by atoms with Gasteiger partial charge < -0.3 is 5.73 Å². The summed E-state index contributed by atoms with van der Waals surface area (Å²) in [5, 5.41) is 0.200. The first-order chi connectivity index (χ1) is 9.29. The Morgan fingerprint density at radius 1 is 0.905 bits per heavy atom. The highest BCUT2D eigenvalue weighted by atomic mass is 35.5. The van der Waals surface area contributed by atoms with Gasteiger partial charge in [-0.1, -0.05) is 41.4 Å². The highest BCUT2D eigenvalue weighted by Gasteiger charge is 2.33. The van der Waals surface area contributed by atoms with Crippen molar-refractivity contribution >= 4 is 35.6 Å². The Labute approximate surface area is 136 Å². The second kappa shape index (κ2) is 6.88. The van der Waals surface area contributed by atoms with Gasteiger partial charge in [-0.05, 0) is 35.4 Å². The molecule has 2 rings (SSSR count). The zero-order valence-electron chi connectivity index (χ0n) is 10.5. The molecule has 114 valence electrons. The van der Waals surface area contributed by atoms with Gasteiger partial charge >= 0.3 is 6.18 Å². The van der Waals surface area contributed by atoms with Crippen molar-refractivity contribution in [1.82, 2.24) is 0 Å². The fourth-order valence-electron chi connectivity index (χ4n) is 1.82. The van der Waals surface area contributed by atoms with Crippen molar-refractivity contribution < 1.29 is 13.2 Å². The maximum Gasteiger partial charge on any atom is 0.417 e. The van der Waals surface area contributed by atoms with Crippen molar-refractivity contribution in [3.63, 3.8) is 0 Å². The largest absolute Gasteiger partial charge is 0.417 e. The third kappa shape index (κ3) is 4.27. The molecule has 0 amide bonds. The summed E-state index contributed by atoms with van der Waals surface area (Å²) < 4.78 is 37.9. The molecule has 0 unspecified atom stereocenters. The lowest BCUT2D eigenvalue weighted by Gasteiger charge is -2.15. The Bertz CT molecular complexity index is 612. The third-order valence-electron chi connectivity index (χ3n) is 2.89. The van der Waals surface area contributed by atoms with E-state index in [1.807, 2.05) is 0 Å². The fraction of sp³-hybridized carbons (Fsp3) is 0.143. The number of benzene rings is 2. The van der Waals surface area contributed by atoms with Gasteiger partial charge in [0.25, 0.3) is 0 Å². The van der Waals surface area contributed by atoms with E-state index in [-0.39, 0.29) is 17.4 Å². The number of alkyl halides is 3. The molecular weight excluding hydrogens is 346 g/mol. The lowest BCUT2D eigenvalue weighted by molar-refractivity contribution is -0.137. The van der Waals surface area contributed by atoms with Gasteiger partial charge in [-0.25, -0.2) is 0 Å². The Balaban J connectivity index is 0.00000220. The van der Waals surface area contributed by atoms with Gasteiger partial charge in [0.05, 0.1) is 16.6 Å². The molecule has 0 aromatic heterocycles. The zero-order valence-corrected chi connectivity index (χ0v) is 12.8. The van der Waals surface area contributed by atoms with Crippen LogP contribution in [0.25, 0.3) is 0 Å². The Kier molecular flexibility index (Phi) is 5.93. The molecule has 0 aliphatic heterocycles. The van der Waals surface area contributed by atoms with Crippen LogP contribution in [0.4, 0.5) is 13.2 Å². The van der Waals surface area contributed by atoms with E-state index >= 15 is 0 Å². The lowest BCUT2D eigenvalue weighted by Crippen LogP contribution is -2.13. The standard InChI is InChI=1S/C14H10Cl2F3N.ClH/c15-10-4-1-8(2-5-10)13(20)9-3-6-11(12(16)7-9)14(17,18)19;/h1-7,13H,20H2;1H/t13-;/m0./s1. The van der Waals surface area contributed by atoms with Gasteiger partial charge in [0.15, 0.2) is 0 Å². The van der Waals surface area contributed by atoms with Crippen molar-refractivity contribution in [2.45, 2.75) is 12.2 Å². The predicted octanol–water partition coefficient (Wildman–Crippen LogP) is 5.48. The molecular formula is C14H11Cl3F3N. The van der Waals surface area contributed by atoms with Gasteiger partial charge in [-0.3, -0.25) is 0 Å². The molecule has 0 radical (unpaired) electrons. The molecule has 0 heterocycles. The quantitative estimate of drug-likeness (QED) is 0.757. The van der Waals surface area contributed by atoms with Crippen LogP contribution in [0.15, 0.2) is 42.5 Å². The van der Waals surface area contributed by atoms with Crippen LogP contribution in [0.2, 0.25) is 10.0 Å². The van der Waals surface area contributed by atoms with Gasteiger partial charge in [-0.15, -0.1) is 12.4 Å². The van der Waals surface area contributed by atoms with Gasteiger partial charge in [0.1, 0.15) is 0 Å². The summed E-state index contributed by atoms with van der Waals surface area (Å²) in [6, 6.07) is 9.72. The summed E-state index contributed by atoms with van der Waals surface area (Å²) in [6.07, 6.45) is -4.47. The number of hydrogen-bond acceptors (Lipinski definition) is 1. The van der Waals surface area contributed by atoms with E-state index in [1.54, 1.807) is 24.3 Å². The van der Waals surface area contributed by atoms with E-state index in [4.69, 9.17) is 28.9 Å². The molecule has 0 aliphatic rings. The molecule has 1 atom stereocenters. The molecule has 0 aliphatic carbocycles. The van der Waals surface area contributed by atoms with E-state index in [9.17, 15) is 13.2 Å². The van der Waals surface area contributed by atoms with Crippen molar-refractivity contribution in [1.29, 1.82) is 0 Å². The maximum atomic E-state index is 12.6. The summed E-state index contributed by atoms with van der Waals surface area (Å²) in [4.78, 5) is 0. The van der Waals surface area contributed by atoms with Crippen LogP contribution >= 0.6 is 35.6 Å². The van der Waals surface area contributed by atoms with Crippen molar-refractivity contribution in [2.75, 3.05) is 0 Å². The molecule has 0 fully saturated rings. The normalized spacial score (nSPS) is 12.7. The van der Waals surface area contributed by atoms with Gasteiger partial charge in [-0.2, -0.15) is 13.2 Å². The first-order valence-electron chi connectivity index (χ1n) is 5.66. The Hall–Kier alpha value is -0.940.